The monoisotopic (exact) mass is 362 g/mol. The van der Waals surface area contributed by atoms with Crippen molar-refractivity contribution in [2.75, 3.05) is 19.8 Å². The maximum absolute atomic E-state index is 13.1. The van der Waals surface area contributed by atoms with Crippen LogP contribution in [0, 0.1) is 11.7 Å². The molecule has 4 nitrogen and oxygen atoms in total. The smallest absolute Gasteiger partial charge is 0.123 e. The first kappa shape index (κ1) is 17.1. The molecule has 2 aliphatic rings. The van der Waals surface area contributed by atoms with Crippen molar-refractivity contribution in [1.82, 2.24) is 9.88 Å². The number of thiazole rings is 1. The van der Waals surface area contributed by atoms with Crippen LogP contribution in [0.5, 0.6) is 0 Å². The zero-order valence-corrected chi connectivity index (χ0v) is 15.0. The van der Waals surface area contributed by atoms with Crippen molar-refractivity contribution in [3.63, 3.8) is 0 Å². The van der Waals surface area contributed by atoms with Crippen molar-refractivity contribution < 1.29 is 13.9 Å². The highest BCUT2D eigenvalue weighted by molar-refractivity contribution is 7.09. The lowest BCUT2D eigenvalue weighted by molar-refractivity contribution is -0.0891. The summed E-state index contributed by atoms with van der Waals surface area (Å²) in [6, 6.07) is 7.27. The second-order valence-electron chi connectivity index (χ2n) is 6.78. The van der Waals surface area contributed by atoms with Gasteiger partial charge < -0.3 is 9.47 Å². The Morgan fingerprint density at radius 1 is 1.28 bits per heavy atom. The average Bonchev–Trinajstić information content (AvgIpc) is 3.28. The fourth-order valence-corrected chi connectivity index (χ4v) is 4.51. The van der Waals surface area contributed by atoms with Crippen LogP contribution >= 0.6 is 11.3 Å². The van der Waals surface area contributed by atoms with Gasteiger partial charge in [0.25, 0.3) is 0 Å². The number of benzene rings is 1. The molecule has 0 bridgehead atoms. The molecule has 6 heteroatoms. The first-order valence-corrected chi connectivity index (χ1v) is 9.74. The second kappa shape index (κ2) is 7.91. The molecule has 1 aromatic carbocycles. The Labute approximate surface area is 151 Å². The SMILES string of the molecule is Fc1ccc(CN2CCO[C@@H]3[C@@H](COCc4nccs4)CC[C@H]32)cc1. The van der Waals surface area contributed by atoms with Crippen LogP contribution in [0.1, 0.15) is 23.4 Å². The van der Waals surface area contributed by atoms with E-state index in [4.69, 9.17) is 9.47 Å². The van der Waals surface area contributed by atoms with E-state index in [0.29, 0.717) is 18.6 Å². The number of hydrogen-bond donors (Lipinski definition) is 0. The van der Waals surface area contributed by atoms with Crippen LogP contribution < -0.4 is 0 Å². The van der Waals surface area contributed by atoms with Crippen molar-refractivity contribution in [2.24, 2.45) is 5.92 Å². The molecule has 1 aromatic heterocycles. The third kappa shape index (κ3) is 4.08. The van der Waals surface area contributed by atoms with E-state index in [2.05, 4.69) is 9.88 Å². The molecule has 0 unspecified atom stereocenters. The molecular weight excluding hydrogens is 339 g/mol. The number of aromatic nitrogens is 1. The van der Waals surface area contributed by atoms with Crippen LogP contribution in [0.15, 0.2) is 35.8 Å². The van der Waals surface area contributed by atoms with Gasteiger partial charge in [-0.2, -0.15) is 0 Å². The zero-order chi connectivity index (χ0) is 17.1. The molecule has 0 N–H and O–H groups in total. The van der Waals surface area contributed by atoms with Crippen molar-refractivity contribution in [3.8, 4) is 0 Å². The van der Waals surface area contributed by atoms with Crippen molar-refractivity contribution in [3.05, 3.63) is 52.2 Å². The van der Waals surface area contributed by atoms with E-state index in [1.165, 1.54) is 12.1 Å². The van der Waals surface area contributed by atoms with Gasteiger partial charge in [-0.1, -0.05) is 12.1 Å². The van der Waals surface area contributed by atoms with Gasteiger partial charge in [-0.15, -0.1) is 11.3 Å². The molecule has 1 saturated carbocycles. The summed E-state index contributed by atoms with van der Waals surface area (Å²) in [7, 11) is 0. The molecule has 1 aliphatic carbocycles. The minimum absolute atomic E-state index is 0.179. The topological polar surface area (TPSA) is 34.6 Å². The van der Waals surface area contributed by atoms with E-state index in [-0.39, 0.29) is 11.9 Å². The lowest BCUT2D eigenvalue weighted by Crippen LogP contribution is -2.50. The summed E-state index contributed by atoms with van der Waals surface area (Å²) in [4.78, 5) is 6.74. The fraction of sp³-hybridized carbons (Fsp3) is 0.526. The predicted molar refractivity (Wildman–Crippen MR) is 94.8 cm³/mol. The number of fused-ring (bicyclic) bond motifs is 1. The molecule has 2 heterocycles. The van der Waals surface area contributed by atoms with E-state index in [9.17, 15) is 4.39 Å². The summed E-state index contributed by atoms with van der Waals surface area (Å²) in [5, 5.41) is 3.00. The summed E-state index contributed by atoms with van der Waals surface area (Å²) in [6.45, 7) is 3.87. The standard InChI is InChI=1S/C19H23FN2O2S/c20-16-4-1-14(2-5-16)11-22-8-9-24-19-15(3-6-17(19)22)12-23-13-18-21-7-10-25-18/h1-2,4-5,7,10,15,17,19H,3,6,8-9,11-13H2/t15-,17-,19-/m1/s1. The Hall–Kier alpha value is -1.34. The maximum atomic E-state index is 13.1. The van der Waals surface area contributed by atoms with Crippen LogP contribution in [0.3, 0.4) is 0 Å². The molecule has 1 aliphatic heterocycles. The van der Waals surface area contributed by atoms with Crippen LogP contribution in [0.4, 0.5) is 4.39 Å². The third-order valence-corrected chi connectivity index (χ3v) is 5.93. The fourth-order valence-electron chi connectivity index (χ4n) is 3.96. The first-order valence-electron chi connectivity index (χ1n) is 8.86. The van der Waals surface area contributed by atoms with Gasteiger partial charge in [0.2, 0.25) is 0 Å². The summed E-state index contributed by atoms with van der Waals surface area (Å²) in [5.74, 6) is 0.267. The maximum Gasteiger partial charge on any atom is 0.123 e. The van der Waals surface area contributed by atoms with Gasteiger partial charge >= 0.3 is 0 Å². The van der Waals surface area contributed by atoms with Crippen LogP contribution in [0.2, 0.25) is 0 Å². The van der Waals surface area contributed by atoms with E-state index in [1.807, 2.05) is 23.7 Å². The Morgan fingerprint density at radius 3 is 2.96 bits per heavy atom. The largest absolute Gasteiger partial charge is 0.375 e. The second-order valence-corrected chi connectivity index (χ2v) is 7.76. The lowest BCUT2D eigenvalue weighted by atomic mass is 10.0. The minimum atomic E-state index is -0.179. The molecule has 0 spiro atoms. The zero-order valence-electron chi connectivity index (χ0n) is 14.1. The number of nitrogens with zero attached hydrogens (tertiary/aromatic N) is 2. The Morgan fingerprint density at radius 2 is 2.16 bits per heavy atom. The third-order valence-electron chi connectivity index (χ3n) is 5.17. The van der Waals surface area contributed by atoms with Gasteiger partial charge in [-0.3, -0.25) is 4.90 Å². The summed E-state index contributed by atoms with van der Waals surface area (Å²) >= 11 is 1.63. The lowest BCUT2D eigenvalue weighted by Gasteiger charge is -2.39. The molecule has 2 fully saturated rings. The van der Waals surface area contributed by atoms with Crippen molar-refractivity contribution in [2.45, 2.75) is 38.1 Å². The van der Waals surface area contributed by atoms with Crippen LogP contribution in [-0.4, -0.2) is 41.8 Å². The average molecular weight is 362 g/mol. The Kier molecular flexibility index (Phi) is 5.41. The predicted octanol–water partition coefficient (Wildman–Crippen LogP) is 3.48. The highest BCUT2D eigenvalue weighted by atomic mass is 32.1. The van der Waals surface area contributed by atoms with Gasteiger partial charge in [0.15, 0.2) is 0 Å². The van der Waals surface area contributed by atoms with E-state index in [1.54, 1.807) is 11.3 Å². The Bertz CT molecular complexity index is 665. The minimum Gasteiger partial charge on any atom is -0.375 e. The number of ether oxygens (including phenoxy) is 2. The first-order chi connectivity index (χ1) is 12.3. The van der Waals surface area contributed by atoms with Crippen LogP contribution in [0.25, 0.3) is 0 Å². The number of rotatable bonds is 6. The van der Waals surface area contributed by atoms with Gasteiger partial charge in [-0.25, -0.2) is 9.37 Å². The van der Waals surface area contributed by atoms with Crippen molar-refractivity contribution >= 4 is 11.3 Å². The normalized spacial score (nSPS) is 26.7. The Balaban J connectivity index is 1.32. The molecule has 25 heavy (non-hydrogen) atoms. The number of morpholine rings is 1. The van der Waals surface area contributed by atoms with E-state index in [0.717, 1.165) is 49.7 Å². The molecule has 0 radical (unpaired) electrons. The number of hydrogen-bond acceptors (Lipinski definition) is 5. The molecule has 1 saturated heterocycles. The highest BCUT2D eigenvalue weighted by Crippen LogP contribution is 2.35. The van der Waals surface area contributed by atoms with Crippen molar-refractivity contribution in [1.29, 1.82) is 0 Å². The summed E-state index contributed by atoms with van der Waals surface area (Å²) in [5.41, 5.74) is 1.16. The molecule has 4 rings (SSSR count). The van der Waals surface area contributed by atoms with Gasteiger partial charge in [0, 0.05) is 36.6 Å². The molecule has 134 valence electrons. The summed E-state index contributed by atoms with van der Waals surface area (Å²) in [6.07, 6.45) is 4.32. The molecule has 3 atom stereocenters. The molecule has 0 amide bonds. The van der Waals surface area contributed by atoms with Gasteiger partial charge in [0.05, 0.1) is 25.9 Å². The number of halogens is 1. The molecule has 2 aromatic rings. The quantitative estimate of drug-likeness (QED) is 0.788. The highest BCUT2D eigenvalue weighted by Gasteiger charge is 2.42. The van der Waals surface area contributed by atoms with Crippen LogP contribution in [-0.2, 0) is 22.6 Å². The van der Waals surface area contributed by atoms with Gasteiger partial charge in [-0.05, 0) is 30.5 Å². The molecular formula is C19H23FN2O2S. The van der Waals surface area contributed by atoms with Gasteiger partial charge in [0.1, 0.15) is 10.8 Å². The van der Waals surface area contributed by atoms with E-state index < -0.39 is 0 Å². The van der Waals surface area contributed by atoms with E-state index >= 15 is 0 Å². The summed E-state index contributed by atoms with van der Waals surface area (Å²) < 4.78 is 25.1.